The number of anilines is 1. The number of rotatable bonds is 2. The van der Waals surface area contributed by atoms with Crippen LogP contribution >= 0.6 is 11.6 Å². The number of hydrogen-bond acceptors (Lipinski definition) is 3. The second-order valence-corrected chi connectivity index (χ2v) is 7.95. The van der Waals surface area contributed by atoms with Gasteiger partial charge >= 0.3 is 6.18 Å². The minimum Gasteiger partial charge on any atom is -0.268 e. The van der Waals surface area contributed by atoms with E-state index in [4.69, 9.17) is 11.6 Å². The molecule has 158 valence electrons. The maximum absolute atomic E-state index is 13.7. The first kappa shape index (κ1) is 19.8. The van der Waals surface area contributed by atoms with Gasteiger partial charge in [0.25, 0.3) is 11.8 Å². The number of aromatic nitrogens is 2. The van der Waals surface area contributed by atoms with Crippen LogP contribution in [0.4, 0.5) is 18.9 Å². The fraction of sp³-hybridized carbons (Fsp3) is 0.227. The van der Waals surface area contributed by atoms with Crippen molar-refractivity contribution in [1.29, 1.82) is 0 Å². The SMILES string of the molecule is O=C1c2ccccc2C(=O)N1c1cc(Cl)ccc1-n1nc(C(F)(F)F)c2c1CCCC2. The molecule has 2 amide bonds. The summed E-state index contributed by atoms with van der Waals surface area (Å²) >= 11 is 6.15. The Morgan fingerprint density at radius 3 is 2.19 bits per heavy atom. The van der Waals surface area contributed by atoms with E-state index < -0.39 is 23.7 Å². The molecule has 2 heterocycles. The highest BCUT2D eigenvalue weighted by atomic mass is 35.5. The van der Waals surface area contributed by atoms with Crippen LogP contribution in [0.1, 0.15) is 50.5 Å². The summed E-state index contributed by atoms with van der Waals surface area (Å²) in [5.41, 5.74) is 0.455. The zero-order valence-electron chi connectivity index (χ0n) is 16.0. The topological polar surface area (TPSA) is 55.2 Å². The lowest BCUT2D eigenvalue weighted by Gasteiger charge is -2.21. The maximum Gasteiger partial charge on any atom is 0.435 e. The fourth-order valence-corrected chi connectivity index (χ4v) is 4.46. The predicted octanol–water partition coefficient (Wildman–Crippen LogP) is 5.22. The Morgan fingerprint density at radius 2 is 1.55 bits per heavy atom. The minimum atomic E-state index is -4.60. The Labute approximate surface area is 180 Å². The summed E-state index contributed by atoms with van der Waals surface area (Å²) in [5, 5.41) is 4.14. The largest absolute Gasteiger partial charge is 0.435 e. The van der Waals surface area contributed by atoms with Crippen LogP contribution in [-0.4, -0.2) is 21.6 Å². The molecule has 5 rings (SSSR count). The van der Waals surface area contributed by atoms with Crippen molar-refractivity contribution in [1.82, 2.24) is 9.78 Å². The molecule has 0 atom stereocenters. The Hall–Kier alpha value is -3.13. The summed E-state index contributed by atoms with van der Waals surface area (Å²) in [6.45, 7) is 0. The zero-order valence-corrected chi connectivity index (χ0v) is 16.8. The van der Waals surface area contributed by atoms with Crippen LogP contribution in [0.3, 0.4) is 0 Å². The van der Waals surface area contributed by atoms with Gasteiger partial charge in [-0.3, -0.25) is 9.59 Å². The summed E-state index contributed by atoms with van der Waals surface area (Å²) in [6.07, 6.45) is -2.53. The highest BCUT2D eigenvalue weighted by Gasteiger charge is 2.41. The second kappa shape index (κ2) is 6.95. The van der Waals surface area contributed by atoms with Crippen LogP contribution in [0, 0.1) is 0 Å². The molecule has 0 fully saturated rings. The first-order chi connectivity index (χ1) is 14.8. The van der Waals surface area contributed by atoms with Crippen LogP contribution in [0.5, 0.6) is 0 Å². The van der Waals surface area contributed by atoms with E-state index in [0.29, 0.717) is 18.5 Å². The van der Waals surface area contributed by atoms with Crippen molar-refractivity contribution in [3.8, 4) is 5.69 Å². The molecule has 0 saturated heterocycles. The number of carbonyl (C=O) groups is 2. The number of fused-ring (bicyclic) bond motifs is 2. The zero-order chi connectivity index (χ0) is 21.9. The van der Waals surface area contributed by atoms with E-state index in [1.54, 1.807) is 12.1 Å². The van der Waals surface area contributed by atoms with Crippen molar-refractivity contribution in [3.05, 3.63) is 75.6 Å². The molecule has 0 bridgehead atoms. The molecule has 2 aromatic carbocycles. The standard InChI is InChI=1S/C22H15ClF3N3O2/c23-12-9-10-17(29-16-8-4-3-7-15(16)19(27-29)22(24,25)26)18(11-12)28-20(30)13-5-1-2-6-14(13)21(28)31/h1-2,5-6,9-11H,3-4,7-8H2. The van der Waals surface area contributed by atoms with Gasteiger partial charge < -0.3 is 0 Å². The van der Waals surface area contributed by atoms with E-state index >= 15 is 0 Å². The third kappa shape index (κ3) is 3.05. The van der Waals surface area contributed by atoms with Gasteiger partial charge in [0.2, 0.25) is 0 Å². The number of carbonyl (C=O) groups excluding carboxylic acids is 2. The summed E-state index contributed by atoms with van der Waals surface area (Å²) in [5.74, 6) is -1.11. The third-order valence-corrected chi connectivity index (χ3v) is 5.88. The Morgan fingerprint density at radius 1 is 0.903 bits per heavy atom. The summed E-state index contributed by atoms with van der Waals surface area (Å²) in [7, 11) is 0. The van der Waals surface area contributed by atoms with Crippen LogP contribution in [0.25, 0.3) is 5.69 Å². The molecule has 2 aliphatic rings. The molecular weight excluding hydrogens is 431 g/mol. The lowest BCUT2D eigenvalue weighted by atomic mass is 9.95. The molecular formula is C22H15ClF3N3O2. The van der Waals surface area contributed by atoms with Crippen molar-refractivity contribution >= 4 is 29.1 Å². The van der Waals surface area contributed by atoms with E-state index in [1.807, 2.05) is 0 Å². The Kier molecular flexibility index (Phi) is 4.44. The van der Waals surface area contributed by atoms with E-state index in [1.165, 1.54) is 35.0 Å². The summed E-state index contributed by atoms with van der Waals surface area (Å²) in [4.78, 5) is 27.0. The van der Waals surface area contributed by atoms with Crippen molar-refractivity contribution < 1.29 is 22.8 Å². The number of nitrogens with zero attached hydrogens (tertiary/aromatic N) is 3. The molecule has 1 aliphatic heterocycles. The van der Waals surface area contributed by atoms with Crippen molar-refractivity contribution in [2.45, 2.75) is 31.9 Å². The van der Waals surface area contributed by atoms with Crippen LogP contribution in [0.2, 0.25) is 5.02 Å². The number of imide groups is 1. The van der Waals surface area contributed by atoms with Gasteiger partial charge in [-0.15, -0.1) is 0 Å². The van der Waals surface area contributed by atoms with Gasteiger partial charge in [-0.05, 0) is 56.0 Å². The van der Waals surface area contributed by atoms with Crippen LogP contribution in [-0.2, 0) is 19.0 Å². The molecule has 0 saturated carbocycles. The lowest BCUT2D eigenvalue weighted by Crippen LogP contribution is -2.30. The number of benzene rings is 2. The molecule has 0 N–H and O–H groups in total. The summed E-state index contributed by atoms with van der Waals surface area (Å²) in [6, 6.07) is 10.8. The van der Waals surface area contributed by atoms with Crippen molar-refractivity contribution in [2.24, 2.45) is 0 Å². The van der Waals surface area contributed by atoms with Gasteiger partial charge in [-0.1, -0.05) is 23.7 Å². The number of alkyl halides is 3. The third-order valence-electron chi connectivity index (χ3n) is 5.65. The monoisotopic (exact) mass is 445 g/mol. The molecule has 1 aromatic heterocycles. The first-order valence-electron chi connectivity index (χ1n) is 9.73. The van der Waals surface area contributed by atoms with Gasteiger partial charge in [0.1, 0.15) is 0 Å². The molecule has 5 nitrogen and oxygen atoms in total. The Bertz CT molecular complexity index is 1210. The molecule has 0 unspecified atom stereocenters. The molecule has 0 radical (unpaired) electrons. The first-order valence-corrected chi connectivity index (χ1v) is 10.1. The molecule has 9 heteroatoms. The second-order valence-electron chi connectivity index (χ2n) is 7.51. The van der Waals surface area contributed by atoms with Gasteiger partial charge in [0.15, 0.2) is 5.69 Å². The van der Waals surface area contributed by atoms with E-state index in [9.17, 15) is 22.8 Å². The number of hydrogen-bond donors (Lipinski definition) is 0. The average molecular weight is 446 g/mol. The van der Waals surface area contributed by atoms with Crippen molar-refractivity contribution in [2.75, 3.05) is 4.90 Å². The van der Waals surface area contributed by atoms with Gasteiger partial charge in [0, 0.05) is 16.3 Å². The minimum absolute atomic E-state index is 0.100. The van der Waals surface area contributed by atoms with Gasteiger partial charge in [0.05, 0.1) is 22.5 Å². The molecule has 1 aliphatic carbocycles. The van der Waals surface area contributed by atoms with E-state index in [0.717, 1.165) is 11.3 Å². The smallest absolute Gasteiger partial charge is 0.268 e. The van der Waals surface area contributed by atoms with Crippen LogP contribution in [0.15, 0.2) is 42.5 Å². The van der Waals surface area contributed by atoms with Gasteiger partial charge in [-0.2, -0.15) is 18.3 Å². The number of amides is 2. The molecule has 3 aromatic rings. The molecule has 0 spiro atoms. The van der Waals surface area contributed by atoms with E-state index in [-0.39, 0.29) is 39.5 Å². The predicted molar refractivity (Wildman–Crippen MR) is 108 cm³/mol. The molecule has 31 heavy (non-hydrogen) atoms. The lowest BCUT2D eigenvalue weighted by molar-refractivity contribution is -0.142. The Balaban J connectivity index is 1.72. The number of halogens is 4. The highest BCUT2D eigenvalue weighted by Crippen LogP contribution is 2.40. The van der Waals surface area contributed by atoms with Crippen molar-refractivity contribution in [3.63, 3.8) is 0 Å². The average Bonchev–Trinajstić information content (AvgIpc) is 3.25. The van der Waals surface area contributed by atoms with Gasteiger partial charge in [-0.25, -0.2) is 9.58 Å². The van der Waals surface area contributed by atoms with Crippen LogP contribution < -0.4 is 4.90 Å². The quantitative estimate of drug-likeness (QED) is 0.508. The fourth-order valence-electron chi connectivity index (χ4n) is 4.29. The highest BCUT2D eigenvalue weighted by molar-refractivity contribution is 6.36. The van der Waals surface area contributed by atoms with E-state index in [2.05, 4.69) is 5.10 Å². The normalized spacial score (nSPS) is 15.9. The summed E-state index contributed by atoms with van der Waals surface area (Å²) < 4.78 is 42.2. The maximum atomic E-state index is 13.7.